The van der Waals surface area contributed by atoms with Gasteiger partial charge in [0.15, 0.2) is 5.78 Å². The first-order chi connectivity index (χ1) is 4.70. The zero-order chi connectivity index (χ0) is 7.56. The minimum atomic E-state index is -0.983. The Bertz CT molecular complexity index is 235. The molecular weight excluding hydrogens is 132 g/mol. The summed E-state index contributed by atoms with van der Waals surface area (Å²) in [5, 5.41) is 8.39. The van der Waals surface area contributed by atoms with Gasteiger partial charge in [-0.15, -0.1) is 0 Å². The van der Waals surface area contributed by atoms with E-state index in [-0.39, 0.29) is 17.8 Å². The number of hydrogen-bond acceptors (Lipinski definition) is 2. The molecule has 0 aromatic carbocycles. The number of allylic oxidation sites excluding steroid dienone is 2. The fourth-order valence-corrected chi connectivity index (χ4v) is 0.688. The van der Waals surface area contributed by atoms with Crippen LogP contribution in [0.15, 0.2) is 23.8 Å². The summed E-state index contributed by atoms with van der Waals surface area (Å²) in [7, 11) is 0. The van der Waals surface area contributed by atoms with Gasteiger partial charge in [-0.2, -0.15) is 0 Å². The van der Waals surface area contributed by atoms with E-state index in [1.807, 2.05) is 0 Å². The standard InChI is InChI=1S/C7H6O3/c8-6-3-1-5(2-4-6)7(9)10/h1-3H,4H2,(H,9,10). The van der Waals surface area contributed by atoms with Crippen molar-refractivity contribution in [1.29, 1.82) is 0 Å². The van der Waals surface area contributed by atoms with Crippen LogP contribution in [-0.2, 0) is 9.59 Å². The van der Waals surface area contributed by atoms with E-state index in [0.717, 1.165) is 0 Å². The lowest BCUT2D eigenvalue weighted by Gasteiger charge is -1.98. The van der Waals surface area contributed by atoms with E-state index in [0.29, 0.717) is 0 Å². The summed E-state index contributed by atoms with van der Waals surface area (Å²) >= 11 is 0. The molecule has 10 heavy (non-hydrogen) atoms. The van der Waals surface area contributed by atoms with Crippen molar-refractivity contribution in [3.8, 4) is 0 Å². The molecule has 0 spiro atoms. The Kier molecular flexibility index (Phi) is 1.67. The third-order valence-electron chi connectivity index (χ3n) is 1.22. The highest BCUT2D eigenvalue weighted by Gasteiger charge is 2.08. The number of hydrogen-bond donors (Lipinski definition) is 1. The van der Waals surface area contributed by atoms with E-state index in [2.05, 4.69) is 0 Å². The molecule has 1 N–H and O–H groups in total. The number of carboxylic acids is 1. The smallest absolute Gasteiger partial charge is 0.335 e. The molecule has 3 heteroatoms. The van der Waals surface area contributed by atoms with E-state index in [9.17, 15) is 9.59 Å². The lowest BCUT2D eigenvalue weighted by molar-refractivity contribution is -0.132. The Balaban J connectivity index is 2.77. The normalized spacial score (nSPS) is 16.8. The lowest BCUT2D eigenvalue weighted by atomic mass is 10.1. The summed E-state index contributed by atoms with van der Waals surface area (Å²) in [5.41, 5.74) is 0.194. The van der Waals surface area contributed by atoms with Crippen molar-refractivity contribution in [2.75, 3.05) is 0 Å². The number of rotatable bonds is 1. The summed E-state index contributed by atoms with van der Waals surface area (Å²) < 4.78 is 0. The van der Waals surface area contributed by atoms with E-state index < -0.39 is 5.97 Å². The molecule has 0 saturated heterocycles. The Hall–Kier alpha value is -1.38. The highest BCUT2D eigenvalue weighted by atomic mass is 16.4. The highest BCUT2D eigenvalue weighted by Crippen LogP contribution is 2.06. The molecule has 0 aromatic rings. The van der Waals surface area contributed by atoms with E-state index in [1.165, 1.54) is 18.2 Å². The molecular formula is C7H6O3. The average Bonchev–Trinajstić information content (AvgIpc) is 1.88. The van der Waals surface area contributed by atoms with Gasteiger partial charge in [-0.05, 0) is 12.2 Å². The molecule has 0 saturated carbocycles. The zero-order valence-electron chi connectivity index (χ0n) is 5.20. The molecule has 0 amide bonds. The highest BCUT2D eigenvalue weighted by molar-refractivity contribution is 5.99. The molecule has 1 aliphatic carbocycles. The number of aliphatic carboxylic acids is 1. The summed E-state index contributed by atoms with van der Waals surface area (Å²) in [5.74, 6) is -1.03. The van der Waals surface area contributed by atoms with Crippen LogP contribution < -0.4 is 0 Å². The molecule has 0 fully saturated rings. The fraction of sp³-hybridized carbons (Fsp3) is 0.143. The first-order valence-electron chi connectivity index (χ1n) is 2.84. The third-order valence-corrected chi connectivity index (χ3v) is 1.22. The number of carbonyl (C=O) groups is 2. The molecule has 0 atom stereocenters. The van der Waals surface area contributed by atoms with Crippen LogP contribution >= 0.6 is 0 Å². The number of ketones is 1. The second kappa shape index (κ2) is 2.47. The predicted octanol–water partition coefficient (Wildman–Crippen LogP) is 0.526. The SMILES string of the molecule is O=C1C=CC(C(=O)O)=CC1. The van der Waals surface area contributed by atoms with Gasteiger partial charge in [0, 0.05) is 6.42 Å². The van der Waals surface area contributed by atoms with E-state index in [1.54, 1.807) is 0 Å². The molecule has 3 nitrogen and oxygen atoms in total. The van der Waals surface area contributed by atoms with Crippen LogP contribution in [0.3, 0.4) is 0 Å². The maximum atomic E-state index is 10.5. The molecule has 1 rings (SSSR count). The van der Waals surface area contributed by atoms with Crippen LogP contribution in [0.5, 0.6) is 0 Å². The summed E-state index contributed by atoms with van der Waals surface area (Å²) in [6.45, 7) is 0. The second-order valence-corrected chi connectivity index (χ2v) is 1.97. The molecule has 0 aromatic heterocycles. The van der Waals surface area contributed by atoms with Gasteiger partial charge in [0.25, 0.3) is 0 Å². The van der Waals surface area contributed by atoms with Crippen LogP contribution in [0.4, 0.5) is 0 Å². The van der Waals surface area contributed by atoms with Gasteiger partial charge in [-0.3, -0.25) is 4.79 Å². The molecule has 52 valence electrons. The van der Waals surface area contributed by atoms with Crippen LogP contribution in [-0.4, -0.2) is 16.9 Å². The molecule has 0 heterocycles. The molecule has 0 radical (unpaired) electrons. The Morgan fingerprint density at radius 3 is 2.60 bits per heavy atom. The van der Waals surface area contributed by atoms with Gasteiger partial charge >= 0.3 is 5.97 Å². The van der Waals surface area contributed by atoms with Gasteiger partial charge in [0.2, 0.25) is 0 Å². The first kappa shape index (κ1) is 6.74. The van der Waals surface area contributed by atoms with Crippen molar-refractivity contribution in [2.45, 2.75) is 6.42 Å². The van der Waals surface area contributed by atoms with Crippen molar-refractivity contribution in [2.24, 2.45) is 0 Å². The van der Waals surface area contributed by atoms with Crippen LogP contribution in [0, 0.1) is 0 Å². The third kappa shape index (κ3) is 1.31. The molecule has 0 bridgehead atoms. The van der Waals surface area contributed by atoms with Crippen LogP contribution in [0.2, 0.25) is 0 Å². The summed E-state index contributed by atoms with van der Waals surface area (Å²) in [6, 6.07) is 0. The van der Waals surface area contributed by atoms with Gasteiger partial charge < -0.3 is 5.11 Å². The zero-order valence-corrected chi connectivity index (χ0v) is 5.20. The van der Waals surface area contributed by atoms with Crippen molar-refractivity contribution in [1.82, 2.24) is 0 Å². The molecule has 1 aliphatic rings. The minimum absolute atomic E-state index is 0.0509. The second-order valence-electron chi connectivity index (χ2n) is 1.97. The quantitative estimate of drug-likeness (QED) is 0.574. The van der Waals surface area contributed by atoms with Gasteiger partial charge in [0.05, 0.1) is 5.57 Å². The summed E-state index contributed by atoms with van der Waals surface area (Å²) in [4.78, 5) is 20.7. The monoisotopic (exact) mass is 138 g/mol. The van der Waals surface area contributed by atoms with Crippen molar-refractivity contribution >= 4 is 11.8 Å². The van der Waals surface area contributed by atoms with Crippen molar-refractivity contribution in [3.63, 3.8) is 0 Å². The molecule has 0 unspecified atom stereocenters. The Morgan fingerprint density at radius 2 is 2.20 bits per heavy atom. The number of carboxylic acid groups (broad SMARTS) is 1. The number of carbonyl (C=O) groups excluding carboxylic acids is 1. The Morgan fingerprint density at radius 1 is 1.50 bits per heavy atom. The topological polar surface area (TPSA) is 54.4 Å². The van der Waals surface area contributed by atoms with Gasteiger partial charge in [-0.1, -0.05) is 6.08 Å². The predicted molar refractivity (Wildman–Crippen MR) is 34.5 cm³/mol. The van der Waals surface area contributed by atoms with E-state index >= 15 is 0 Å². The lowest BCUT2D eigenvalue weighted by Crippen LogP contribution is -2.04. The van der Waals surface area contributed by atoms with Gasteiger partial charge in [0.1, 0.15) is 0 Å². The summed E-state index contributed by atoms with van der Waals surface area (Å²) in [6.07, 6.45) is 4.21. The minimum Gasteiger partial charge on any atom is -0.478 e. The maximum Gasteiger partial charge on any atom is 0.335 e. The van der Waals surface area contributed by atoms with Gasteiger partial charge in [-0.25, -0.2) is 4.79 Å². The molecule has 0 aliphatic heterocycles. The van der Waals surface area contributed by atoms with Crippen molar-refractivity contribution < 1.29 is 14.7 Å². The maximum absolute atomic E-state index is 10.5. The average molecular weight is 138 g/mol. The first-order valence-corrected chi connectivity index (χ1v) is 2.84. The Labute approximate surface area is 57.7 Å². The van der Waals surface area contributed by atoms with Crippen LogP contribution in [0.1, 0.15) is 6.42 Å². The fourth-order valence-electron chi connectivity index (χ4n) is 0.688. The van der Waals surface area contributed by atoms with E-state index in [4.69, 9.17) is 5.11 Å². The largest absolute Gasteiger partial charge is 0.478 e. The van der Waals surface area contributed by atoms with Crippen molar-refractivity contribution in [3.05, 3.63) is 23.8 Å². The van der Waals surface area contributed by atoms with Crippen LogP contribution in [0.25, 0.3) is 0 Å².